The number of likely N-dealkylation sites (tertiary alicyclic amines) is 1. The number of halogens is 1. The number of rotatable bonds is 2. The van der Waals surface area contributed by atoms with Crippen molar-refractivity contribution in [1.82, 2.24) is 10.2 Å². The van der Waals surface area contributed by atoms with Crippen LogP contribution in [0.15, 0.2) is 22.7 Å². The van der Waals surface area contributed by atoms with Gasteiger partial charge in [0.15, 0.2) is 0 Å². The monoisotopic (exact) mass is 326 g/mol. The third-order valence-corrected chi connectivity index (χ3v) is 4.25. The summed E-state index contributed by atoms with van der Waals surface area (Å²) in [6.45, 7) is 3.59. The number of benzene rings is 1. The molecule has 2 N–H and O–H groups in total. The van der Waals surface area contributed by atoms with Crippen molar-refractivity contribution in [2.24, 2.45) is 5.92 Å². The highest BCUT2D eigenvalue weighted by atomic mass is 79.9. The molecule has 0 aliphatic carbocycles. The SMILES string of the molecule is CNC1CCN(C(=O)c2ccc(Br)cc2O)CC1C. The van der Waals surface area contributed by atoms with Crippen molar-refractivity contribution in [3.05, 3.63) is 28.2 Å². The second kappa shape index (κ2) is 5.92. The maximum atomic E-state index is 12.4. The predicted molar refractivity (Wildman–Crippen MR) is 78.3 cm³/mol. The second-order valence-electron chi connectivity index (χ2n) is 5.07. The molecular formula is C14H19BrN2O2. The van der Waals surface area contributed by atoms with Gasteiger partial charge >= 0.3 is 0 Å². The van der Waals surface area contributed by atoms with Gasteiger partial charge in [-0.15, -0.1) is 0 Å². The Morgan fingerprint density at radius 1 is 1.53 bits per heavy atom. The molecule has 19 heavy (non-hydrogen) atoms. The summed E-state index contributed by atoms with van der Waals surface area (Å²) in [5, 5.41) is 13.1. The zero-order valence-electron chi connectivity index (χ0n) is 11.2. The number of carbonyl (C=O) groups excluding carboxylic acids is 1. The van der Waals surface area contributed by atoms with Crippen LogP contribution in [0.2, 0.25) is 0 Å². The summed E-state index contributed by atoms with van der Waals surface area (Å²) in [7, 11) is 1.96. The van der Waals surface area contributed by atoms with Gasteiger partial charge in [0.2, 0.25) is 0 Å². The molecule has 0 bridgehead atoms. The minimum atomic E-state index is -0.0913. The Morgan fingerprint density at radius 2 is 2.26 bits per heavy atom. The molecule has 0 radical (unpaired) electrons. The zero-order chi connectivity index (χ0) is 14.0. The van der Waals surface area contributed by atoms with Gasteiger partial charge in [0, 0.05) is 23.6 Å². The highest BCUT2D eigenvalue weighted by Crippen LogP contribution is 2.25. The Balaban J connectivity index is 2.12. The summed E-state index contributed by atoms with van der Waals surface area (Å²) in [6, 6.07) is 5.45. The number of phenols is 1. The molecule has 1 aliphatic rings. The van der Waals surface area contributed by atoms with Gasteiger partial charge in [-0.25, -0.2) is 0 Å². The molecule has 4 nitrogen and oxygen atoms in total. The molecular weight excluding hydrogens is 308 g/mol. The fourth-order valence-corrected chi connectivity index (χ4v) is 2.96. The van der Waals surface area contributed by atoms with Gasteiger partial charge in [0.25, 0.3) is 5.91 Å². The van der Waals surface area contributed by atoms with E-state index in [1.54, 1.807) is 18.2 Å². The van der Waals surface area contributed by atoms with Gasteiger partial charge < -0.3 is 15.3 Å². The molecule has 1 aliphatic heterocycles. The molecule has 104 valence electrons. The predicted octanol–water partition coefficient (Wildman–Crippen LogP) is 2.22. The van der Waals surface area contributed by atoms with Crippen molar-refractivity contribution in [2.45, 2.75) is 19.4 Å². The number of amides is 1. The zero-order valence-corrected chi connectivity index (χ0v) is 12.8. The first kappa shape index (κ1) is 14.3. The number of phenolic OH excluding ortho intramolecular Hbond substituents is 1. The van der Waals surface area contributed by atoms with Crippen LogP contribution in [-0.4, -0.2) is 42.1 Å². The standard InChI is InChI=1S/C14H19BrN2O2/c1-9-8-17(6-5-12(9)16-2)14(19)11-4-3-10(15)7-13(11)18/h3-4,7,9,12,16,18H,5-6,8H2,1-2H3. The number of piperidine rings is 1. The Labute approximate surface area is 121 Å². The lowest BCUT2D eigenvalue weighted by atomic mass is 9.93. The average molecular weight is 327 g/mol. The molecule has 2 unspecified atom stereocenters. The number of carbonyl (C=O) groups is 1. The van der Waals surface area contributed by atoms with E-state index in [-0.39, 0.29) is 11.7 Å². The van der Waals surface area contributed by atoms with Crippen LogP contribution in [0.25, 0.3) is 0 Å². The maximum absolute atomic E-state index is 12.4. The highest BCUT2D eigenvalue weighted by Gasteiger charge is 2.29. The quantitative estimate of drug-likeness (QED) is 0.876. The molecule has 2 rings (SSSR count). The number of hydrogen-bond donors (Lipinski definition) is 2. The van der Waals surface area contributed by atoms with E-state index in [1.807, 2.05) is 11.9 Å². The van der Waals surface area contributed by atoms with Crippen molar-refractivity contribution in [3.63, 3.8) is 0 Å². The van der Waals surface area contributed by atoms with Gasteiger partial charge in [-0.05, 0) is 37.6 Å². The summed E-state index contributed by atoms with van der Waals surface area (Å²) in [4.78, 5) is 14.2. The van der Waals surface area contributed by atoms with E-state index in [9.17, 15) is 9.90 Å². The summed E-state index contributed by atoms with van der Waals surface area (Å²) in [5.74, 6) is 0.356. The van der Waals surface area contributed by atoms with Crippen molar-refractivity contribution >= 4 is 21.8 Å². The van der Waals surface area contributed by atoms with Crippen LogP contribution in [0, 0.1) is 5.92 Å². The van der Waals surface area contributed by atoms with Gasteiger partial charge in [-0.3, -0.25) is 4.79 Å². The molecule has 1 saturated heterocycles. The van der Waals surface area contributed by atoms with Crippen LogP contribution in [0.1, 0.15) is 23.7 Å². The van der Waals surface area contributed by atoms with E-state index in [4.69, 9.17) is 0 Å². The number of nitrogens with zero attached hydrogens (tertiary/aromatic N) is 1. The van der Waals surface area contributed by atoms with Gasteiger partial charge in [0.05, 0.1) is 5.56 Å². The minimum absolute atomic E-state index is 0.0303. The summed E-state index contributed by atoms with van der Waals surface area (Å²) in [5.41, 5.74) is 0.373. The van der Waals surface area contributed by atoms with Crippen molar-refractivity contribution in [3.8, 4) is 5.75 Å². The Hall–Kier alpha value is -1.07. The lowest BCUT2D eigenvalue weighted by Crippen LogP contribution is -2.49. The maximum Gasteiger partial charge on any atom is 0.257 e. The minimum Gasteiger partial charge on any atom is -0.507 e. The second-order valence-corrected chi connectivity index (χ2v) is 5.99. The summed E-state index contributed by atoms with van der Waals surface area (Å²) >= 11 is 3.28. The first-order valence-corrected chi connectivity index (χ1v) is 7.27. The molecule has 0 spiro atoms. The van der Waals surface area contributed by atoms with Gasteiger partial charge in [-0.1, -0.05) is 22.9 Å². The van der Waals surface area contributed by atoms with Crippen LogP contribution in [0.5, 0.6) is 5.75 Å². The molecule has 0 aromatic heterocycles. The fourth-order valence-electron chi connectivity index (χ4n) is 2.61. The third kappa shape index (κ3) is 3.09. The topological polar surface area (TPSA) is 52.6 Å². The van der Waals surface area contributed by atoms with E-state index in [2.05, 4.69) is 28.2 Å². The van der Waals surface area contributed by atoms with E-state index in [1.165, 1.54) is 0 Å². The fraction of sp³-hybridized carbons (Fsp3) is 0.500. The van der Waals surface area contributed by atoms with Crippen molar-refractivity contribution < 1.29 is 9.90 Å². The molecule has 1 amide bonds. The normalized spacial score (nSPS) is 23.4. The lowest BCUT2D eigenvalue weighted by Gasteiger charge is -2.36. The van der Waals surface area contributed by atoms with Crippen LogP contribution in [0.3, 0.4) is 0 Å². The highest BCUT2D eigenvalue weighted by molar-refractivity contribution is 9.10. The smallest absolute Gasteiger partial charge is 0.257 e. The van der Waals surface area contributed by atoms with E-state index in [0.717, 1.165) is 24.0 Å². The van der Waals surface area contributed by atoms with Gasteiger partial charge in [0.1, 0.15) is 5.75 Å². The largest absolute Gasteiger partial charge is 0.507 e. The molecule has 5 heteroatoms. The first-order valence-electron chi connectivity index (χ1n) is 6.48. The van der Waals surface area contributed by atoms with Crippen molar-refractivity contribution in [2.75, 3.05) is 20.1 Å². The number of hydrogen-bond acceptors (Lipinski definition) is 3. The summed E-state index contributed by atoms with van der Waals surface area (Å²) < 4.78 is 0.767. The molecule has 1 heterocycles. The van der Waals surface area contributed by atoms with Crippen LogP contribution < -0.4 is 5.32 Å². The average Bonchev–Trinajstić information content (AvgIpc) is 2.38. The molecule has 0 saturated carbocycles. The Bertz CT molecular complexity index is 479. The van der Waals surface area contributed by atoms with Crippen LogP contribution >= 0.6 is 15.9 Å². The van der Waals surface area contributed by atoms with Crippen LogP contribution in [0.4, 0.5) is 0 Å². The Kier molecular flexibility index (Phi) is 4.47. The summed E-state index contributed by atoms with van der Waals surface area (Å²) in [6.07, 6.45) is 0.945. The number of nitrogens with one attached hydrogen (secondary N) is 1. The number of aromatic hydroxyl groups is 1. The van der Waals surface area contributed by atoms with Crippen LogP contribution in [-0.2, 0) is 0 Å². The first-order chi connectivity index (χ1) is 9.02. The van der Waals surface area contributed by atoms with Crippen molar-refractivity contribution in [1.29, 1.82) is 0 Å². The molecule has 1 aromatic carbocycles. The Morgan fingerprint density at radius 3 is 2.84 bits per heavy atom. The van der Waals surface area contributed by atoms with E-state index in [0.29, 0.717) is 17.5 Å². The molecule has 1 fully saturated rings. The third-order valence-electron chi connectivity index (χ3n) is 3.75. The van der Waals surface area contributed by atoms with E-state index >= 15 is 0 Å². The molecule has 1 aromatic rings. The van der Waals surface area contributed by atoms with E-state index < -0.39 is 0 Å². The molecule has 2 atom stereocenters. The lowest BCUT2D eigenvalue weighted by molar-refractivity contribution is 0.0646. The van der Waals surface area contributed by atoms with Gasteiger partial charge in [-0.2, -0.15) is 0 Å².